The van der Waals surface area contributed by atoms with E-state index in [4.69, 9.17) is 9.84 Å². The van der Waals surface area contributed by atoms with Crippen LogP contribution >= 0.6 is 15.9 Å². The first kappa shape index (κ1) is 15.6. The van der Waals surface area contributed by atoms with Crippen LogP contribution in [0, 0.1) is 0 Å². The third-order valence-corrected chi connectivity index (χ3v) is 2.84. The molecule has 0 saturated carbocycles. The number of rotatable bonds is 5. The van der Waals surface area contributed by atoms with Crippen molar-refractivity contribution < 1.29 is 18.6 Å². The van der Waals surface area contributed by atoms with Gasteiger partial charge in [0.25, 0.3) is 0 Å². The van der Waals surface area contributed by atoms with Crippen LogP contribution in [0.3, 0.4) is 0 Å². The number of hydrogen-bond acceptors (Lipinski definition) is 2. The third-order valence-electron chi connectivity index (χ3n) is 2.22. The fraction of sp³-hybridized carbons (Fsp3) is 0.143. The zero-order valence-corrected chi connectivity index (χ0v) is 11.9. The Morgan fingerprint density at radius 2 is 2.16 bits per heavy atom. The van der Waals surface area contributed by atoms with E-state index in [1.54, 1.807) is 18.2 Å². The summed E-state index contributed by atoms with van der Waals surface area (Å²) in [5.74, 6) is -1.58. The van der Waals surface area contributed by atoms with Crippen molar-refractivity contribution in [2.45, 2.75) is 13.5 Å². The molecule has 0 fully saturated rings. The first-order chi connectivity index (χ1) is 8.97. The zero-order valence-electron chi connectivity index (χ0n) is 10.3. The molecule has 0 bridgehead atoms. The number of halogens is 3. The molecule has 0 heterocycles. The summed E-state index contributed by atoms with van der Waals surface area (Å²) in [4.78, 5) is 0. The summed E-state index contributed by atoms with van der Waals surface area (Å²) in [5, 5.41) is 8.95. The van der Waals surface area contributed by atoms with Gasteiger partial charge in [0.1, 0.15) is 11.6 Å². The number of aliphatic hydroxyl groups is 1. The highest BCUT2D eigenvalue weighted by molar-refractivity contribution is 9.10. The van der Waals surface area contributed by atoms with Crippen LogP contribution in [-0.2, 0) is 6.61 Å². The van der Waals surface area contributed by atoms with Crippen LogP contribution in [0.2, 0.25) is 0 Å². The maximum absolute atomic E-state index is 13.5. The lowest BCUT2D eigenvalue weighted by Crippen LogP contribution is -1.96. The minimum absolute atomic E-state index is 0.111. The minimum Gasteiger partial charge on any atom is -0.454 e. The molecule has 0 saturated heterocycles. The Morgan fingerprint density at radius 3 is 2.68 bits per heavy atom. The molecule has 5 heteroatoms. The minimum atomic E-state index is -0.895. The quantitative estimate of drug-likeness (QED) is 0.633. The Hall–Kier alpha value is -1.46. The van der Waals surface area contributed by atoms with Gasteiger partial charge in [0, 0.05) is 6.08 Å². The third kappa shape index (κ3) is 4.61. The summed E-state index contributed by atoms with van der Waals surface area (Å²) in [7, 11) is 0. The maximum Gasteiger partial charge on any atom is 0.167 e. The van der Waals surface area contributed by atoms with Crippen LogP contribution in [0.25, 0.3) is 0 Å². The topological polar surface area (TPSA) is 29.5 Å². The Labute approximate surface area is 118 Å². The van der Waals surface area contributed by atoms with Gasteiger partial charge in [-0.3, -0.25) is 0 Å². The summed E-state index contributed by atoms with van der Waals surface area (Å²) < 4.78 is 32.1. The van der Waals surface area contributed by atoms with Gasteiger partial charge in [-0.05, 0) is 40.5 Å². The molecule has 0 aromatic heterocycles. The number of hydrogen-bond donors (Lipinski definition) is 1. The lowest BCUT2D eigenvalue weighted by Gasteiger charge is -2.09. The average Bonchev–Trinajstić information content (AvgIpc) is 2.40. The molecule has 1 N–H and O–H groups in total. The predicted molar refractivity (Wildman–Crippen MR) is 73.9 cm³/mol. The standard InChI is InChI=1S/C14H13BrF2O2/c1-3-11(16)7-13(17)9(2)19-14-5-4-10(8-18)6-12(14)15/h3-7,18H,2,8H2,1H3/b11-3+,13-7+. The van der Waals surface area contributed by atoms with Gasteiger partial charge < -0.3 is 9.84 Å². The number of ether oxygens (including phenoxy) is 1. The lowest BCUT2D eigenvalue weighted by atomic mass is 10.2. The van der Waals surface area contributed by atoms with Gasteiger partial charge in [-0.15, -0.1) is 0 Å². The summed E-state index contributed by atoms with van der Waals surface area (Å²) in [5.41, 5.74) is 0.681. The zero-order chi connectivity index (χ0) is 14.4. The molecule has 0 unspecified atom stereocenters. The van der Waals surface area contributed by atoms with Gasteiger partial charge in [-0.2, -0.15) is 0 Å². The van der Waals surface area contributed by atoms with Gasteiger partial charge in [-0.25, -0.2) is 8.78 Å². The van der Waals surface area contributed by atoms with Gasteiger partial charge >= 0.3 is 0 Å². The van der Waals surface area contributed by atoms with E-state index in [-0.39, 0.29) is 12.4 Å². The van der Waals surface area contributed by atoms with Crippen molar-refractivity contribution in [2.24, 2.45) is 0 Å². The number of benzene rings is 1. The molecular formula is C14H13BrF2O2. The second-order valence-electron chi connectivity index (χ2n) is 3.61. The van der Waals surface area contributed by atoms with Crippen molar-refractivity contribution in [3.05, 3.63) is 64.4 Å². The van der Waals surface area contributed by atoms with Crippen LogP contribution in [0.5, 0.6) is 5.75 Å². The Balaban J connectivity index is 2.86. The van der Waals surface area contributed by atoms with E-state index in [2.05, 4.69) is 22.5 Å². The van der Waals surface area contributed by atoms with E-state index in [0.717, 1.165) is 6.08 Å². The number of aliphatic hydroxyl groups excluding tert-OH is 1. The maximum atomic E-state index is 13.5. The summed E-state index contributed by atoms with van der Waals surface area (Å²) >= 11 is 3.23. The van der Waals surface area contributed by atoms with E-state index < -0.39 is 11.7 Å². The molecule has 0 spiro atoms. The Kier molecular flexibility index (Phi) is 5.92. The van der Waals surface area contributed by atoms with E-state index in [1.807, 2.05) is 0 Å². The highest BCUT2D eigenvalue weighted by Crippen LogP contribution is 2.29. The smallest absolute Gasteiger partial charge is 0.167 e. The van der Waals surface area contributed by atoms with Crippen LogP contribution < -0.4 is 4.74 Å². The van der Waals surface area contributed by atoms with Crippen molar-refractivity contribution >= 4 is 15.9 Å². The molecule has 1 rings (SSSR count). The molecular weight excluding hydrogens is 318 g/mol. The SMILES string of the molecule is C=C(Oc1ccc(CO)cc1Br)/C(F)=C\C(F)=C/C. The van der Waals surface area contributed by atoms with Crippen LogP contribution in [0.4, 0.5) is 8.78 Å². The normalized spacial score (nSPS) is 12.5. The molecule has 0 aliphatic rings. The van der Waals surface area contributed by atoms with Crippen LogP contribution in [0.15, 0.2) is 58.8 Å². The summed E-state index contributed by atoms with van der Waals surface area (Å²) in [6, 6.07) is 4.82. The van der Waals surface area contributed by atoms with E-state index in [9.17, 15) is 8.78 Å². The van der Waals surface area contributed by atoms with Crippen molar-refractivity contribution in [3.8, 4) is 5.75 Å². The fourth-order valence-electron chi connectivity index (χ4n) is 1.19. The van der Waals surface area contributed by atoms with Gasteiger partial charge in [0.15, 0.2) is 11.6 Å². The first-order valence-corrected chi connectivity index (χ1v) is 6.22. The van der Waals surface area contributed by atoms with E-state index in [1.165, 1.54) is 6.92 Å². The van der Waals surface area contributed by atoms with Crippen LogP contribution in [0.1, 0.15) is 12.5 Å². The van der Waals surface area contributed by atoms with Crippen molar-refractivity contribution in [2.75, 3.05) is 0 Å². The van der Waals surface area contributed by atoms with Crippen molar-refractivity contribution in [1.82, 2.24) is 0 Å². The van der Waals surface area contributed by atoms with Crippen LogP contribution in [-0.4, -0.2) is 5.11 Å². The van der Waals surface area contributed by atoms with E-state index in [0.29, 0.717) is 21.9 Å². The van der Waals surface area contributed by atoms with Gasteiger partial charge in [-0.1, -0.05) is 18.7 Å². The molecule has 102 valence electrons. The highest BCUT2D eigenvalue weighted by Gasteiger charge is 2.09. The molecule has 1 aromatic carbocycles. The molecule has 1 aromatic rings. The number of allylic oxidation sites excluding steroid dienone is 4. The van der Waals surface area contributed by atoms with Gasteiger partial charge in [0.2, 0.25) is 0 Å². The lowest BCUT2D eigenvalue weighted by molar-refractivity contribution is 0.281. The first-order valence-electron chi connectivity index (χ1n) is 5.43. The fourth-order valence-corrected chi connectivity index (χ4v) is 1.70. The van der Waals surface area contributed by atoms with Crippen molar-refractivity contribution in [3.63, 3.8) is 0 Å². The molecule has 0 aliphatic carbocycles. The molecule has 19 heavy (non-hydrogen) atoms. The largest absolute Gasteiger partial charge is 0.454 e. The molecule has 0 aliphatic heterocycles. The molecule has 2 nitrogen and oxygen atoms in total. The molecule has 0 amide bonds. The highest BCUT2D eigenvalue weighted by atomic mass is 79.9. The second kappa shape index (κ2) is 7.21. The van der Waals surface area contributed by atoms with E-state index >= 15 is 0 Å². The second-order valence-corrected chi connectivity index (χ2v) is 4.47. The predicted octanol–water partition coefficient (Wildman–Crippen LogP) is 4.56. The Morgan fingerprint density at radius 1 is 1.47 bits per heavy atom. The van der Waals surface area contributed by atoms with Gasteiger partial charge in [0.05, 0.1) is 11.1 Å². The average molecular weight is 331 g/mol. The summed E-state index contributed by atoms with van der Waals surface area (Å²) in [6.45, 7) is 4.73. The summed E-state index contributed by atoms with van der Waals surface area (Å²) in [6.07, 6.45) is 1.82. The Bertz CT molecular complexity index is 536. The van der Waals surface area contributed by atoms with Crippen molar-refractivity contribution in [1.29, 1.82) is 0 Å². The molecule has 0 atom stereocenters. The molecule has 0 radical (unpaired) electrons. The monoisotopic (exact) mass is 330 g/mol.